The number of amides is 2. The third-order valence-electron chi connectivity index (χ3n) is 8.39. The lowest BCUT2D eigenvalue weighted by Crippen LogP contribution is -2.56. The van der Waals surface area contributed by atoms with Crippen LogP contribution >= 0.6 is 0 Å². The first kappa shape index (κ1) is 34.4. The van der Waals surface area contributed by atoms with Crippen molar-refractivity contribution in [1.29, 1.82) is 0 Å². The summed E-state index contributed by atoms with van der Waals surface area (Å²) in [6.07, 6.45) is 7.03. The van der Waals surface area contributed by atoms with Crippen molar-refractivity contribution in [3.05, 3.63) is 77.7 Å². The van der Waals surface area contributed by atoms with Gasteiger partial charge in [-0.05, 0) is 97.4 Å². The molecule has 252 valence electrons. The van der Waals surface area contributed by atoms with Crippen molar-refractivity contribution < 1.29 is 19.1 Å². The smallest absolute Gasteiger partial charge is 0.417 e. The maximum Gasteiger partial charge on any atom is 0.417 e. The Morgan fingerprint density at radius 3 is 2.21 bits per heavy atom. The maximum atomic E-state index is 13.7. The Morgan fingerprint density at radius 1 is 0.872 bits per heavy atom. The molecule has 1 aliphatic heterocycles. The number of rotatable bonds is 8. The molecular formula is C38H51N5O4. The summed E-state index contributed by atoms with van der Waals surface area (Å²) in [5, 5.41) is 3.30. The fourth-order valence-corrected chi connectivity index (χ4v) is 6.19. The second kappa shape index (κ2) is 14.8. The van der Waals surface area contributed by atoms with Gasteiger partial charge in [0.15, 0.2) is 6.29 Å². The monoisotopic (exact) mass is 641 g/mol. The third-order valence-corrected chi connectivity index (χ3v) is 8.39. The lowest BCUT2D eigenvalue weighted by Gasteiger charge is -2.36. The van der Waals surface area contributed by atoms with Gasteiger partial charge in [0.2, 0.25) is 0 Å². The van der Waals surface area contributed by atoms with Crippen molar-refractivity contribution >= 4 is 17.9 Å². The normalized spacial score (nSPS) is 17.4. The first-order valence-corrected chi connectivity index (χ1v) is 17.1. The molecule has 0 bridgehead atoms. The summed E-state index contributed by atoms with van der Waals surface area (Å²) in [5.41, 5.74) is 3.44. The van der Waals surface area contributed by atoms with Gasteiger partial charge in [0, 0.05) is 30.3 Å². The molecule has 9 heteroatoms. The van der Waals surface area contributed by atoms with E-state index in [1.165, 1.54) is 34.6 Å². The number of carbonyl (C=O) groups is 2. The van der Waals surface area contributed by atoms with Crippen molar-refractivity contribution in [3.63, 3.8) is 0 Å². The van der Waals surface area contributed by atoms with Crippen molar-refractivity contribution in [2.45, 2.75) is 116 Å². The Balaban J connectivity index is 1.43. The van der Waals surface area contributed by atoms with Crippen LogP contribution < -0.4 is 10.2 Å². The van der Waals surface area contributed by atoms with Crippen LogP contribution in [-0.4, -0.2) is 57.6 Å². The molecule has 2 amide bonds. The summed E-state index contributed by atoms with van der Waals surface area (Å²) in [7, 11) is 0. The highest BCUT2D eigenvalue weighted by atomic mass is 16.6. The van der Waals surface area contributed by atoms with E-state index in [0.29, 0.717) is 24.7 Å². The minimum Gasteiger partial charge on any atom is -0.444 e. The number of benzene rings is 2. The molecule has 1 N–H and O–H groups in total. The van der Waals surface area contributed by atoms with Gasteiger partial charge in [0.25, 0.3) is 0 Å². The van der Waals surface area contributed by atoms with Gasteiger partial charge in [0.1, 0.15) is 17.0 Å². The molecule has 2 heterocycles. The van der Waals surface area contributed by atoms with Crippen LogP contribution in [0.15, 0.2) is 60.7 Å². The molecule has 2 aromatic carbocycles. The molecular weight excluding hydrogens is 590 g/mol. The highest BCUT2D eigenvalue weighted by molar-refractivity contribution is 5.89. The molecule has 1 unspecified atom stereocenters. The van der Waals surface area contributed by atoms with Crippen molar-refractivity contribution in [2.24, 2.45) is 0 Å². The molecule has 0 spiro atoms. The lowest BCUT2D eigenvalue weighted by atomic mass is 9.88. The van der Waals surface area contributed by atoms with Gasteiger partial charge in [-0.25, -0.2) is 24.5 Å². The van der Waals surface area contributed by atoms with E-state index in [9.17, 15) is 9.59 Å². The van der Waals surface area contributed by atoms with E-state index < -0.39 is 29.7 Å². The van der Waals surface area contributed by atoms with Crippen LogP contribution in [0, 0.1) is 0 Å². The number of ether oxygens (including phenoxy) is 2. The first-order chi connectivity index (χ1) is 22.4. The average Bonchev–Trinajstić information content (AvgIpc) is 3.50. The number of hydrogen-bond acceptors (Lipinski definition) is 7. The minimum absolute atomic E-state index is 0.380. The highest BCUT2D eigenvalue weighted by Crippen LogP contribution is 2.33. The zero-order chi connectivity index (χ0) is 33.6. The number of carbonyl (C=O) groups excluding carboxylic acids is 2. The Hall–Kier alpha value is -3.98. The van der Waals surface area contributed by atoms with Crippen molar-refractivity contribution in [2.75, 3.05) is 18.0 Å². The Bertz CT molecular complexity index is 1490. The van der Waals surface area contributed by atoms with Crippen LogP contribution in [0.5, 0.6) is 0 Å². The third kappa shape index (κ3) is 9.53. The summed E-state index contributed by atoms with van der Waals surface area (Å²) >= 11 is 0. The standard InChI is InChI=1S/C38H51N5O4/c1-37(2,3)46-35(44)42-25-24-39-34(42)43(36(45)47-38(4,5)6)31-22-20-28(21-23-31)32-26-30(19-13-16-27-14-9-7-10-15-27)40-33(41-32)29-17-11-8-12-18-29/h7,9-10,14-15,20-23,26,29,34,39H,8,11-13,16-19,24-25H2,1-6H3. The van der Waals surface area contributed by atoms with Gasteiger partial charge in [-0.1, -0.05) is 61.7 Å². The predicted octanol–water partition coefficient (Wildman–Crippen LogP) is 8.23. The van der Waals surface area contributed by atoms with Crippen molar-refractivity contribution in [3.8, 4) is 11.3 Å². The van der Waals surface area contributed by atoms with Gasteiger partial charge in [0.05, 0.1) is 11.4 Å². The van der Waals surface area contributed by atoms with Crippen LogP contribution in [0.2, 0.25) is 0 Å². The highest BCUT2D eigenvalue weighted by Gasteiger charge is 2.40. The Morgan fingerprint density at radius 2 is 1.55 bits per heavy atom. The zero-order valence-corrected chi connectivity index (χ0v) is 28.9. The predicted molar refractivity (Wildman–Crippen MR) is 185 cm³/mol. The summed E-state index contributed by atoms with van der Waals surface area (Å²) in [6, 6.07) is 20.4. The number of aromatic nitrogens is 2. The van der Waals surface area contributed by atoms with Crippen LogP contribution in [0.1, 0.15) is 103 Å². The average molecular weight is 642 g/mol. The molecule has 3 aromatic rings. The van der Waals surface area contributed by atoms with E-state index in [-0.39, 0.29) is 0 Å². The molecule has 1 aliphatic carbocycles. The molecule has 0 radical (unpaired) electrons. The minimum atomic E-state index is -0.765. The summed E-state index contributed by atoms with van der Waals surface area (Å²) in [5.74, 6) is 1.32. The van der Waals surface area contributed by atoms with E-state index >= 15 is 0 Å². The zero-order valence-electron chi connectivity index (χ0n) is 28.9. The van der Waals surface area contributed by atoms with Crippen LogP contribution in [0.25, 0.3) is 11.3 Å². The molecule has 2 fully saturated rings. The van der Waals surface area contributed by atoms with Crippen LogP contribution in [0.4, 0.5) is 15.3 Å². The SMILES string of the molecule is CC(C)(C)OC(=O)N1CCNC1N(C(=O)OC(C)(C)C)c1ccc(-c2cc(CCCc3ccccc3)nc(C3CCCCC3)n2)cc1. The molecule has 1 saturated carbocycles. The molecule has 2 aliphatic rings. The number of nitrogens with one attached hydrogen (secondary N) is 1. The van der Waals surface area contributed by atoms with Gasteiger partial charge in [-0.3, -0.25) is 10.2 Å². The van der Waals surface area contributed by atoms with E-state index in [4.69, 9.17) is 19.4 Å². The molecule has 1 atom stereocenters. The molecule has 5 rings (SSSR count). The van der Waals surface area contributed by atoms with Crippen LogP contribution in [-0.2, 0) is 22.3 Å². The Kier molecular flexibility index (Phi) is 10.8. The van der Waals surface area contributed by atoms with Crippen molar-refractivity contribution in [1.82, 2.24) is 20.2 Å². The quantitative estimate of drug-likeness (QED) is 0.265. The Labute approximate surface area is 280 Å². The molecule has 1 saturated heterocycles. The lowest BCUT2D eigenvalue weighted by molar-refractivity contribution is 0.0191. The molecule has 9 nitrogen and oxygen atoms in total. The molecule has 47 heavy (non-hydrogen) atoms. The van der Waals surface area contributed by atoms with E-state index in [1.807, 2.05) is 65.8 Å². The van der Waals surface area contributed by atoms with E-state index in [1.54, 1.807) is 0 Å². The first-order valence-electron chi connectivity index (χ1n) is 17.1. The maximum absolute atomic E-state index is 13.7. The van der Waals surface area contributed by atoms with Crippen LogP contribution in [0.3, 0.4) is 0 Å². The number of anilines is 1. The van der Waals surface area contributed by atoms with E-state index in [2.05, 4.69) is 41.7 Å². The topological polar surface area (TPSA) is 96.9 Å². The van der Waals surface area contributed by atoms with Gasteiger partial charge in [-0.2, -0.15) is 0 Å². The fourth-order valence-electron chi connectivity index (χ4n) is 6.19. The number of nitrogens with zero attached hydrogens (tertiary/aromatic N) is 4. The number of aryl methyl sites for hydroxylation is 2. The summed E-state index contributed by atoms with van der Waals surface area (Å²) < 4.78 is 11.5. The van der Waals surface area contributed by atoms with Gasteiger partial charge in [-0.15, -0.1) is 0 Å². The second-order valence-corrected chi connectivity index (χ2v) is 14.7. The summed E-state index contributed by atoms with van der Waals surface area (Å²) in [6.45, 7) is 11.9. The fraction of sp³-hybridized carbons (Fsp3) is 0.526. The summed E-state index contributed by atoms with van der Waals surface area (Å²) in [4.78, 5) is 40.1. The second-order valence-electron chi connectivity index (χ2n) is 14.7. The largest absolute Gasteiger partial charge is 0.444 e. The van der Waals surface area contributed by atoms with Gasteiger partial charge < -0.3 is 9.47 Å². The van der Waals surface area contributed by atoms with E-state index in [0.717, 1.165) is 54.9 Å². The number of hydrogen-bond donors (Lipinski definition) is 1. The molecule has 1 aromatic heterocycles. The van der Waals surface area contributed by atoms with Gasteiger partial charge >= 0.3 is 12.2 Å².